The summed E-state index contributed by atoms with van der Waals surface area (Å²) < 4.78 is 15.2. The highest BCUT2D eigenvalue weighted by atomic mass is 19.1. The summed E-state index contributed by atoms with van der Waals surface area (Å²) >= 11 is 0. The minimum absolute atomic E-state index is 0.138. The van der Waals surface area contributed by atoms with Crippen molar-refractivity contribution in [3.63, 3.8) is 0 Å². The van der Waals surface area contributed by atoms with E-state index in [0.717, 1.165) is 43.9 Å². The number of halogens is 1. The summed E-state index contributed by atoms with van der Waals surface area (Å²) in [6.07, 6.45) is 5.35. The molecule has 2 aromatic rings. The maximum Gasteiger partial charge on any atom is 0.123 e. The molecule has 2 fully saturated rings. The van der Waals surface area contributed by atoms with E-state index in [0.29, 0.717) is 11.8 Å². The lowest BCUT2D eigenvalue weighted by atomic mass is 9.77. The van der Waals surface area contributed by atoms with Gasteiger partial charge in [-0.05, 0) is 49.3 Å². The van der Waals surface area contributed by atoms with Crippen LogP contribution in [0.15, 0.2) is 36.7 Å². The van der Waals surface area contributed by atoms with Gasteiger partial charge in [0.1, 0.15) is 11.6 Å². The summed E-state index contributed by atoms with van der Waals surface area (Å²) in [6.45, 7) is 4.93. The number of rotatable bonds is 3. The molecular weight excluding hydrogens is 305 g/mol. The van der Waals surface area contributed by atoms with E-state index in [1.165, 1.54) is 12.1 Å². The second-order valence-corrected chi connectivity index (χ2v) is 7.33. The zero-order valence-electron chi connectivity index (χ0n) is 14.0. The van der Waals surface area contributed by atoms with E-state index in [-0.39, 0.29) is 18.0 Å². The van der Waals surface area contributed by atoms with Crippen LogP contribution < -0.4 is 0 Å². The molecule has 0 unspecified atom stereocenters. The molecule has 1 N–H and O–H groups in total. The monoisotopic (exact) mass is 329 g/mol. The van der Waals surface area contributed by atoms with Crippen LogP contribution in [0.25, 0.3) is 0 Å². The number of nitrogens with zero attached hydrogens (tertiary/aromatic N) is 3. The SMILES string of the molecule is Cc1nccn1[C@H]1C[C@H]2CN(Cc3ccc(F)cc3)C[C@H]2C[C@@H]1O. The van der Waals surface area contributed by atoms with Crippen LogP contribution in [0.3, 0.4) is 0 Å². The maximum absolute atomic E-state index is 13.0. The molecule has 1 aromatic carbocycles. The topological polar surface area (TPSA) is 41.3 Å². The Bertz CT molecular complexity index is 699. The number of hydrogen-bond acceptors (Lipinski definition) is 3. The van der Waals surface area contributed by atoms with Crippen molar-refractivity contribution in [3.8, 4) is 0 Å². The van der Waals surface area contributed by atoms with Crippen molar-refractivity contribution in [2.45, 2.75) is 38.5 Å². The molecule has 4 rings (SSSR count). The normalized spacial score (nSPS) is 30.5. The Labute approximate surface area is 141 Å². The second kappa shape index (κ2) is 6.30. The van der Waals surface area contributed by atoms with E-state index in [4.69, 9.17) is 0 Å². The highest BCUT2D eigenvalue weighted by Crippen LogP contribution is 2.41. The minimum atomic E-state index is -0.301. The molecule has 2 aliphatic rings. The van der Waals surface area contributed by atoms with Gasteiger partial charge in [-0.25, -0.2) is 9.37 Å². The first-order chi connectivity index (χ1) is 11.6. The van der Waals surface area contributed by atoms with Crippen molar-refractivity contribution in [2.75, 3.05) is 13.1 Å². The van der Waals surface area contributed by atoms with Crippen LogP contribution >= 0.6 is 0 Å². The Morgan fingerprint density at radius 3 is 2.54 bits per heavy atom. The van der Waals surface area contributed by atoms with Crippen molar-refractivity contribution in [1.82, 2.24) is 14.5 Å². The molecule has 2 heterocycles. The van der Waals surface area contributed by atoms with Gasteiger partial charge < -0.3 is 9.67 Å². The third-order valence-corrected chi connectivity index (χ3v) is 5.72. The van der Waals surface area contributed by atoms with Gasteiger partial charge in [0, 0.05) is 32.0 Å². The molecule has 24 heavy (non-hydrogen) atoms. The number of aryl methyl sites for hydroxylation is 1. The van der Waals surface area contributed by atoms with Gasteiger partial charge in [0.15, 0.2) is 0 Å². The summed E-state index contributed by atoms with van der Waals surface area (Å²) in [7, 11) is 0. The van der Waals surface area contributed by atoms with Crippen LogP contribution in [-0.2, 0) is 6.54 Å². The molecule has 4 atom stereocenters. The summed E-state index contributed by atoms with van der Waals surface area (Å²) in [4.78, 5) is 6.74. The lowest BCUT2D eigenvalue weighted by Crippen LogP contribution is -2.36. The second-order valence-electron chi connectivity index (χ2n) is 7.33. The summed E-state index contributed by atoms with van der Waals surface area (Å²) in [5.41, 5.74) is 1.15. The average Bonchev–Trinajstić information content (AvgIpc) is 3.14. The zero-order valence-corrected chi connectivity index (χ0v) is 14.0. The van der Waals surface area contributed by atoms with Gasteiger partial charge in [-0.15, -0.1) is 0 Å². The van der Waals surface area contributed by atoms with E-state index in [1.54, 1.807) is 0 Å². The fourth-order valence-electron chi connectivity index (χ4n) is 4.52. The largest absolute Gasteiger partial charge is 0.391 e. The van der Waals surface area contributed by atoms with Gasteiger partial charge in [-0.1, -0.05) is 12.1 Å². The molecule has 0 spiro atoms. The number of benzene rings is 1. The van der Waals surface area contributed by atoms with Crippen molar-refractivity contribution in [3.05, 3.63) is 53.9 Å². The van der Waals surface area contributed by atoms with Crippen LogP contribution in [0.1, 0.15) is 30.3 Å². The van der Waals surface area contributed by atoms with Crippen molar-refractivity contribution >= 4 is 0 Å². The summed E-state index contributed by atoms with van der Waals surface area (Å²) in [5, 5.41) is 10.6. The fourth-order valence-corrected chi connectivity index (χ4v) is 4.52. The molecule has 0 amide bonds. The number of imidazole rings is 1. The number of aliphatic hydroxyl groups excluding tert-OH is 1. The number of aliphatic hydroxyl groups is 1. The van der Waals surface area contributed by atoms with E-state index in [9.17, 15) is 9.50 Å². The molecular formula is C19H24FN3O. The lowest BCUT2D eigenvalue weighted by molar-refractivity contribution is 0.0349. The highest BCUT2D eigenvalue weighted by molar-refractivity contribution is 5.16. The third-order valence-electron chi connectivity index (χ3n) is 5.72. The molecule has 0 bridgehead atoms. The van der Waals surface area contributed by atoms with Gasteiger partial charge in [-0.3, -0.25) is 4.90 Å². The first-order valence-electron chi connectivity index (χ1n) is 8.74. The highest BCUT2D eigenvalue weighted by Gasteiger charge is 2.42. The first-order valence-corrected chi connectivity index (χ1v) is 8.74. The molecule has 1 saturated carbocycles. The van der Waals surface area contributed by atoms with E-state index >= 15 is 0 Å². The van der Waals surface area contributed by atoms with Crippen molar-refractivity contribution in [2.24, 2.45) is 11.8 Å². The van der Waals surface area contributed by atoms with Gasteiger partial charge >= 0.3 is 0 Å². The van der Waals surface area contributed by atoms with Crippen LogP contribution in [0.2, 0.25) is 0 Å². The van der Waals surface area contributed by atoms with Gasteiger partial charge in [-0.2, -0.15) is 0 Å². The average molecular weight is 329 g/mol. The molecule has 128 valence electrons. The lowest BCUT2D eigenvalue weighted by Gasteiger charge is -2.36. The minimum Gasteiger partial charge on any atom is -0.391 e. The van der Waals surface area contributed by atoms with Crippen LogP contribution in [0.5, 0.6) is 0 Å². The summed E-state index contributed by atoms with van der Waals surface area (Å²) in [6, 6.07) is 6.92. The van der Waals surface area contributed by atoms with Crippen molar-refractivity contribution in [1.29, 1.82) is 0 Å². The summed E-state index contributed by atoms with van der Waals surface area (Å²) in [5.74, 6) is 1.95. The molecule has 1 aromatic heterocycles. The Morgan fingerprint density at radius 1 is 1.17 bits per heavy atom. The Kier molecular flexibility index (Phi) is 4.14. The third kappa shape index (κ3) is 2.98. The van der Waals surface area contributed by atoms with Crippen LogP contribution in [0, 0.1) is 24.6 Å². The standard InChI is InChI=1S/C19H24FN3O/c1-13-21-6-7-23(13)18-8-15-11-22(12-16(15)9-19(18)24)10-14-2-4-17(20)5-3-14/h2-7,15-16,18-19,24H,8-12H2,1H3/t15-,16+,18-,19-/m0/s1. The first kappa shape index (κ1) is 15.8. The van der Waals surface area contributed by atoms with Crippen LogP contribution in [0.4, 0.5) is 4.39 Å². The van der Waals surface area contributed by atoms with Gasteiger partial charge in [0.2, 0.25) is 0 Å². The maximum atomic E-state index is 13.0. The quantitative estimate of drug-likeness (QED) is 0.941. The van der Waals surface area contributed by atoms with Gasteiger partial charge in [0.05, 0.1) is 12.1 Å². The number of hydrogen-bond donors (Lipinski definition) is 1. The molecule has 1 aliphatic carbocycles. The Balaban J connectivity index is 1.43. The Morgan fingerprint density at radius 2 is 1.88 bits per heavy atom. The van der Waals surface area contributed by atoms with E-state index in [1.807, 2.05) is 31.5 Å². The van der Waals surface area contributed by atoms with E-state index < -0.39 is 0 Å². The fraction of sp³-hybridized carbons (Fsp3) is 0.526. The molecule has 0 radical (unpaired) electrons. The predicted molar refractivity (Wildman–Crippen MR) is 89.9 cm³/mol. The predicted octanol–water partition coefficient (Wildman–Crippen LogP) is 2.77. The van der Waals surface area contributed by atoms with Crippen molar-refractivity contribution < 1.29 is 9.50 Å². The molecule has 1 aliphatic heterocycles. The van der Waals surface area contributed by atoms with Crippen LogP contribution in [-0.4, -0.2) is 38.8 Å². The number of likely N-dealkylation sites (tertiary alicyclic amines) is 1. The molecule has 4 nitrogen and oxygen atoms in total. The smallest absolute Gasteiger partial charge is 0.123 e. The number of aromatic nitrogens is 2. The molecule has 1 saturated heterocycles. The van der Waals surface area contributed by atoms with Gasteiger partial charge in [0.25, 0.3) is 0 Å². The number of fused-ring (bicyclic) bond motifs is 1. The molecule has 5 heteroatoms. The Hall–Kier alpha value is -1.72. The zero-order chi connectivity index (χ0) is 16.7. The van der Waals surface area contributed by atoms with E-state index in [2.05, 4.69) is 14.5 Å².